The lowest BCUT2D eigenvalue weighted by Crippen LogP contribution is -2.37. The number of aryl methyl sites for hydroxylation is 1. The second-order valence-electron chi connectivity index (χ2n) is 6.08. The van der Waals surface area contributed by atoms with Crippen molar-refractivity contribution in [1.29, 1.82) is 0 Å². The number of ether oxygens (including phenoxy) is 2. The molecule has 1 aliphatic rings. The first kappa shape index (κ1) is 16.4. The SMILES string of the molecule is Cn1nccc1[C@H](NC(=O)[C@H]1OCOc2ccccc21)c1ccccc1. The van der Waals surface area contributed by atoms with Gasteiger partial charge in [0.15, 0.2) is 12.9 Å². The van der Waals surface area contributed by atoms with Crippen molar-refractivity contribution in [2.45, 2.75) is 12.1 Å². The van der Waals surface area contributed by atoms with Crippen LogP contribution in [0.3, 0.4) is 0 Å². The number of rotatable bonds is 4. The zero-order valence-electron chi connectivity index (χ0n) is 14.3. The van der Waals surface area contributed by atoms with Gasteiger partial charge in [0, 0.05) is 18.8 Å². The van der Waals surface area contributed by atoms with Gasteiger partial charge < -0.3 is 14.8 Å². The van der Waals surface area contributed by atoms with Crippen LogP contribution in [-0.4, -0.2) is 22.5 Å². The van der Waals surface area contributed by atoms with Crippen LogP contribution in [0.15, 0.2) is 66.9 Å². The molecule has 2 aromatic carbocycles. The van der Waals surface area contributed by atoms with Crippen LogP contribution >= 0.6 is 0 Å². The van der Waals surface area contributed by atoms with Gasteiger partial charge in [-0.3, -0.25) is 9.48 Å². The Morgan fingerprint density at radius 1 is 1.15 bits per heavy atom. The lowest BCUT2D eigenvalue weighted by molar-refractivity contribution is -0.142. The number of carbonyl (C=O) groups is 1. The smallest absolute Gasteiger partial charge is 0.254 e. The van der Waals surface area contributed by atoms with Crippen LogP contribution in [-0.2, 0) is 16.6 Å². The van der Waals surface area contributed by atoms with E-state index >= 15 is 0 Å². The molecule has 1 amide bonds. The summed E-state index contributed by atoms with van der Waals surface area (Å²) in [6.45, 7) is 0.0524. The van der Waals surface area contributed by atoms with Crippen molar-refractivity contribution < 1.29 is 14.3 Å². The van der Waals surface area contributed by atoms with Gasteiger partial charge in [-0.1, -0.05) is 48.5 Å². The van der Waals surface area contributed by atoms with E-state index in [0.717, 1.165) is 16.8 Å². The highest BCUT2D eigenvalue weighted by molar-refractivity contribution is 5.84. The van der Waals surface area contributed by atoms with Gasteiger partial charge in [-0.15, -0.1) is 0 Å². The number of aromatic nitrogens is 2. The third kappa shape index (κ3) is 3.07. The molecule has 0 saturated heterocycles. The van der Waals surface area contributed by atoms with Crippen molar-refractivity contribution in [1.82, 2.24) is 15.1 Å². The number of carbonyl (C=O) groups excluding carboxylic acids is 1. The Morgan fingerprint density at radius 2 is 1.92 bits per heavy atom. The minimum atomic E-state index is -0.709. The molecule has 26 heavy (non-hydrogen) atoms. The summed E-state index contributed by atoms with van der Waals surface area (Å²) in [4.78, 5) is 13.0. The fourth-order valence-electron chi connectivity index (χ4n) is 3.16. The first-order chi connectivity index (χ1) is 12.7. The van der Waals surface area contributed by atoms with Crippen LogP contribution in [0.1, 0.15) is 29.0 Å². The number of nitrogens with zero attached hydrogens (tertiary/aromatic N) is 2. The fraction of sp³-hybridized carbons (Fsp3) is 0.200. The van der Waals surface area contributed by atoms with Crippen LogP contribution in [0.2, 0.25) is 0 Å². The zero-order chi connectivity index (χ0) is 17.9. The molecule has 0 radical (unpaired) electrons. The maximum absolute atomic E-state index is 13.0. The second-order valence-corrected chi connectivity index (χ2v) is 6.08. The molecule has 6 nitrogen and oxygen atoms in total. The van der Waals surface area contributed by atoms with Gasteiger partial charge in [-0.2, -0.15) is 5.10 Å². The number of fused-ring (bicyclic) bond motifs is 1. The number of hydrogen-bond acceptors (Lipinski definition) is 4. The van der Waals surface area contributed by atoms with E-state index in [4.69, 9.17) is 9.47 Å². The van der Waals surface area contributed by atoms with Crippen LogP contribution in [0.25, 0.3) is 0 Å². The molecular weight excluding hydrogens is 330 g/mol. The Kier molecular flexibility index (Phi) is 4.41. The summed E-state index contributed by atoms with van der Waals surface area (Å²) >= 11 is 0. The Hall–Kier alpha value is -3.12. The number of para-hydroxylation sites is 1. The van der Waals surface area contributed by atoms with Crippen molar-refractivity contribution in [3.8, 4) is 5.75 Å². The van der Waals surface area contributed by atoms with Gasteiger partial charge >= 0.3 is 0 Å². The van der Waals surface area contributed by atoms with Crippen LogP contribution in [0, 0.1) is 0 Å². The highest BCUT2D eigenvalue weighted by Crippen LogP contribution is 2.32. The molecule has 0 bridgehead atoms. The summed E-state index contributed by atoms with van der Waals surface area (Å²) < 4.78 is 12.8. The number of amides is 1. The third-order valence-corrected chi connectivity index (χ3v) is 4.46. The topological polar surface area (TPSA) is 65.4 Å². The monoisotopic (exact) mass is 349 g/mol. The molecule has 0 fully saturated rings. The van der Waals surface area contributed by atoms with Crippen LogP contribution < -0.4 is 10.1 Å². The quantitative estimate of drug-likeness (QED) is 0.787. The Bertz CT molecular complexity index is 907. The minimum absolute atomic E-state index is 0.0524. The van der Waals surface area contributed by atoms with Crippen molar-refractivity contribution in [3.05, 3.63) is 83.7 Å². The van der Waals surface area contributed by atoms with E-state index in [0.29, 0.717) is 5.75 Å². The summed E-state index contributed by atoms with van der Waals surface area (Å²) in [5.41, 5.74) is 2.60. The highest BCUT2D eigenvalue weighted by atomic mass is 16.7. The minimum Gasteiger partial charge on any atom is -0.467 e. The standard InChI is InChI=1S/C20H19N3O3/c1-23-16(11-12-21-23)18(14-7-3-2-4-8-14)22-20(24)19-15-9-5-6-10-17(15)25-13-26-19/h2-12,18-19H,13H2,1H3,(H,22,24)/t18-,19+/m1/s1. The average Bonchev–Trinajstić information content (AvgIpc) is 3.12. The van der Waals surface area contributed by atoms with E-state index in [2.05, 4.69) is 10.4 Å². The van der Waals surface area contributed by atoms with E-state index in [9.17, 15) is 4.79 Å². The van der Waals surface area contributed by atoms with Crippen molar-refractivity contribution in [2.75, 3.05) is 6.79 Å². The van der Waals surface area contributed by atoms with Gasteiger partial charge in [-0.05, 0) is 17.7 Å². The molecule has 6 heteroatoms. The van der Waals surface area contributed by atoms with Gasteiger partial charge in [0.1, 0.15) is 5.75 Å². The van der Waals surface area contributed by atoms with Crippen molar-refractivity contribution in [3.63, 3.8) is 0 Å². The predicted octanol–water partition coefficient (Wildman–Crippen LogP) is 2.73. The van der Waals surface area contributed by atoms with Gasteiger partial charge in [0.2, 0.25) is 0 Å². The molecule has 2 heterocycles. The van der Waals surface area contributed by atoms with Crippen LogP contribution in [0.5, 0.6) is 5.75 Å². The Balaban J connectivity index is 1.65. The van der Waals surface area contributed by atoms with E-state index in [1.54, 1.807) is 10.9 Å². The van der Waals surface area contributed by atoms with E-state index in [-0.39, 0.29) is 18.7 Å². The molecule has 1 aliphatic heterocycles. The first-order valence-corrected chi connectivity index (χ1v) is 8.40. The first-order valence-electron chi connectivity index (χ1n) is 8.40. The molecule has 2 atom stereocenters. The lowest BCUT2D eigenvalue weighted by Gasteiger charge is -2.27. The number of nitrogens with one attached hydrogen (secondary N) is 1. The zero-order valence-corrected chi connectivity index (χ0v) is 14.3. The average molecular weight is 349 g/mol. The predicted molar refractivity (Wildman–Crippen MR) is 95.4 cm³/mol. The van der Waals surface area contributed by atoms with Crippen molar-refractivity contribution in [2.24, 2.45) is 7.05 Å². The molecule has 132 valence electrons. The molecule has 0 aliphatic carbocycles. The maximum atomic E-state index is 13.0. The highest BCUT2D eigenvalue weighted by Gasteiger charge is 2.31. The lowest BCUT2D eigenvalue weighted by atomic mass is 10.0. The second kappa shape index (κ2) is 7.01. The largest absolute Gasteiger partial charge is 0.467 e. The molecule has 0 saturated carbocycles. The fourth-order valence-corrected chi connectivity index (χ4v) is 3.16. The number of hydrogen-bond donors (Lipinski definition) is 1. The summed E-state index contributed by atoms with van der Waals surface area (Å²) in [7, 11) is 1.86. The third-order valence-electron chi connectivity index (χ3n) is 4.46. The van der Waals surface area contributed by atoms with Crippen molar-refractivity contribution >= 4 is 5.91 Å². The van der Waals surface area contributed by atoms with E-state index < -0.39 is 6.10 Å². The van der Waals surface area contributed by atoms with Crippen LogP contribution in [0.4, 0.5) is 0 Å². The Morgan fingerprint density at radius 3 is 2.69 bits per heavy atom. The summed E-state index contributed by atoms with van der Waals surface area (Å²) in [5, 5.41) is 7.34. The van der Waals surface area contributed by atoms with E-state index in [1.807, 2.05) is 67.7 Å². The molecule has 3 aromatic rings. The molecule has 0 spiro atoms. The number of benzene rings is 2. The van der Waals surface area contributed by atoms with Gasteiger partial charge in [-0.25, -0.2) is 0 Å². The Labute approximate surface area is 151 Å². The normalized spacial score (nSPS) is 17.0. The summed E-state index contributed by atoms with van der Waals surface area (Å²) in [5.74, 6) is 0.464. The van der Waals surface area contributed by atoms with Gasteiger partial charge in [0.25, 0.3) is 5.91 Å². The molecule has 1 N–H and O–H groups in total. The summed E-state index contributed by atoms with van der Waals surface area (Å²) in [6.07, 6.45) is 1.01. The molecular formula is C20H19N3O3. The molecule has 4 rings (SSSR count). The summed E-state index contributed by atoms with van der Waals surface area (Å²) in [6, 6.07) is 18.8. The van der Waals surface area contributed by atoms with E-state index in [1.165, 1.54) is 0 Å². The molecule has 0 unspecified atom stereocenters. The maximum Gasteiger partial charge on any atom is 0.254 e. The molecule has 1 aromatic heterocycles. The van der Waals surface area contributed by atoms with Gasteiger partial charge in [0.05, 0.1) is 11.7 Å².